The summed E-state index contributed by atoms with van der Waals surface area (Å²) in [5.41, 5.74) is 6.42. The second-order valence-corrected chi connectivity index (χ2v) is 6.52. The van der Waals surface area contributed by atoms with E-state index < -0.39 is 5.60 Å². The van der Waals surface area contributed by atoms with Crippen molar-refractivity contribution >= 4 is 11.8 Å². The molecule has 0 aromatic heterocycles. The van der Waals surface area contributed by atoms with Gasteiger partial charge in [0.15, 0.2) is 0 Å². The molecule has 0 saturated heterocycles. The summed E-state index contributed by atoms with van der Waals surface area (Å²) in [5, 5.41) is 10.4. The Kier molecular flexibility index (Phi) is 4.71. The molecule has 0 amide bonds. The van der Waals surface area contributed by atoms with Crippen molar-refractivity contribution in [3.63, 3.8) is 0 Å². The smallest absolute Gasteiger partial charge is 0.0797 e. The number of hydrogen-bond acceptors (Lipinski definition) is 3. The molecule has 1 aliphatic rings. The molecule has 1 aromatic rings. The van der Waals surface area contributed by atoms with E-state index in [9.17, 15) is 5.11 Å². The fraction of sp³-hybridized carbons (Fsp3) is 0.600. The molecule has 0 spiro atoms. The molecule has 2 unspecified atom stereocenters. The van der Waals surface area contributed by atoms with Gasteiger partial charge in [0.2, 0.25) is 0 Å². The van der Waals surface area contributed by atoms with E-state index in [0.29, 0.717) is 12.5 Å². The van der Waals surface area contributed by atoms with Crippen LogP contribution in [0.3, 0.4) is 0 Å². The summed E-state index contributed by atoms with van der Waals surface area (Å²) in [7, 11) is 0. The summed E-state index contributed by atoms with van der Waals surface area (Å²) in [6.07, 6.45) is 4.19. The minimum atomic E-state index is -0.590. The first kappa shape index (κ1) is 13.9. The molecule has 2 rings (SSSR count). The Morgan fingerprint density at radius 2 is 2.33 bits per heavy atom. The summed E-state index contributed by atoms with van der Waals surface area (Å²) in [4.78, 5) is 1.32. The topological polar surface area (TPSA) is 46.2 Å². The van der Waals surface area contributed by atoms with Crippen LogP contribution in [0.1, 0.15) is 31.2 Å². The van der Waals surface area contributed by atoms with Crippen LogP contribution in [-0.4, -0.2) is 23.0 Å². The van der Waals surface area contributed by atoms with Crippen molar-refractivity contribution in [2.75, 3.05) is 12.3 Å². The second kappa shape index (κ2) is 6.09. The Bertz CT molecular complexity index is 396. The minimum Gasteiger partial charge on any atom is -0.388 e. The third-order valence-corrected chi connectivity index (χ3v) is 5.03. The molecule has 18 heavy (non-hydrogen) atoms. The highest BCUT2D eigenvalue weighted by molar-refractivity contribution is 7.99. The van der Waals surface area contributed by atoms with E-state index >= 15 is 0 Å². The predicted octanol–water partition coefficient (Wildman–Crippen LogP) is 2.97. The normalized spacial score (nSPS) is 27.6. The lowest BCUT2D eigenvalue weighted by molar-refractivity contribution is 0.0104. The van der Waals surface area contributed by atoms with Gasteiger partial charge >= 0.3 is 0 Å². The molecule has 0 radical (unpaired) electrons. The summed E-state index contributed by atoms with van der Waals surface area (Å²) in [5.74, 6) is 1.45. The zero-order valence-corrected chi connectivity index (χ0v) is 11.9. The number of aryl methyl sites for hydroxylation is 1. The average Bonchev–Trinajstić information content (AvgIpc) is 2.72. The molecular weight excluding hydrogens is 242 g/mol. The van der Waals surface area contributed by atoms with Crippen molar-refractivity contribution in [1.29, 1.82) is 0 Å². The summed E-state index contributed by atoms with van der Waals surface area (Å²) in [6.45, 7) is 2.53. The molecule has 1 aliphatic carbocycles. The number of rotatable bonds is 5. The lowest BCUT2D eigenvalue weighted by Crippen LogP contribution is -2.41. The van der Waals surface area contributed by atoms with E-state index in [1.807, 2.05) is 11.8 Å². The third-order valence-electron chi connectivity index (χ3n) is 4.00. The molecule has 0 heterocycles. The highest BCUT2D eigenvalue weighted by atomic mass is 32.2. The van der Waals surface area contributed by atoms with Crippen LogP contribution in [0.2, 0.25) is 0 Å². The summed E-state index contributed by atoms with van der Waals surface area (Å²) >= 11 is 1.88. The molecule has 3 N–H and O–H groups in total. The summed E-state index contributed by atoms with van der Waals surface area (Å²) < 4.78 is 0. The first-order chi connectivity index (χ1) is 8.64. The van der Waals surface area contributed by atoms with E-state index in [-0.39, 0.29) is 0 Å². The largest absolute Gasteiger partial charge is 0.388 e. The number of aliphatic hydroxyl groups is 1. The Morgan fingerprint density at radius 1 is 1.50 bits per heavy atom. The van der Waals surface area contributed by atoms with Crippen LogP contribution in [-0.2, 0) is 0 Å². The Balaban J connectivity index is 1.82. The van der Waals surface area contributed by atoms with E-state index in [1.54, 1.807) is 0 Å². The maximum atomic E-state index is 10.4. The quantitative estimate of drug-likeness (QED) is 0.805. The maximum absolute atomic E-state index is 10.4. The van der Waals surface area contributed by atoms with Crippen LogP contribution < -0.4 is 5.73 Å². The third kappa shape index (κ3) is 3.28. The van der Waals surface area contributed by atoms with E-state index in [0.717, 1.165) is 31.4 Å². The second-order valence-electron chi connectivity index (χ2n) is 5.35. The number of nitrogens with two attached hydrogens (primary N) is 1. The van der Waals surface area contributed by atoms with Crippen LogP contribution >= 0.6 is 11.8 Å². The van der Waals surface area contributed by atoms with Gasteiger partial charge in [0.1, 0.15) is 0 Å². The van der Waals surface area contributed by atoms with Gasteiger partial charge in [-0.05, 0) is 50.0 Å². The highest BCUT2D eigenvalue weighted by Crippen LogP contribution is 2.38. The minimum absolute atomic E-state index is 0.389. The van der Waals surface area contributed by atoms with Crippen LogP contribution in [0.4, 0.5) is 0 Å². The first-order valence-electron chi connectivity index (χ1n) is 6.76. The van der Waals surface area contributed by atoms with Crippen LogP contribution in [0.5, 0.6) is 0 Å². The first-order valence-corrected chi connectivity index (χ1v) is 7.74. The van der Waals surface area contributed by atoms with Crippen molar-refractivity contribution in [2.24, 2.45) is 11.7 Å². The number of benzene rings is 1. The van der Waals surface area contributed by atoms with Crippen molar-refractivity contribution in [2.45, 2.75) is 43.1 Å². The average molecular weight is 265 g/mol. The zero-order valence-electron chi connectivity index (χ0n) is 11.1. The lowest BCUT2D eigenvalue weighted by Gasteiger charge is -2.28. The SMILES string of the molecule is Cc1cccc(SCCC2CCCC2(O)CN)c1. The van der Waals surface area contributed by atoms with Crippen molar-refractivity contribution in [3.8, 4) is 0 Å². The molecular formula is C15H23NOS. The molecule has 0 aliphatic heterocycles. The van der Waals surface area contributed by atoms with Gasteiger partial charge in [-0.1, -0.05) is 24.1 Å². The number of hydrogen-bond donors (Lipinski definition) is 2. The fourth-order valence-corrected chi connectivity index (χ4v) is 3.92. The van der Waals surface area contributed by atoms with Crippen LogP contribution in [0, 0.1) is 12.8 Å². The van der Waals surface area contributed by atoms with E-state index in [4.69, 9.17) is 5.73 Å². The van der Waals surface area contributed by atoms with Gasteiger partial charge in [-0.3, -0.25) is 0 Å². The lowest BCUT2D eigenvalue weighted by atomic mass is 9.89. The van der Waals surface area contributed by atoms with Gasteiger partial charge in [0.25, 0.3) is 0 Å². The zero-order chi connectivity index (χ0) is 13.0. The van der Waals surface area contributed by atoms with Gasteiger partial charge < -0.3 is 10.8 Å². The van der Waals surface area contributed by atoms with Crippen LogP contribution in [0.15, 0.2) is 29.2 Å². The van der Waals surface area contributed by atoms with Crippen molar-refractivity contribution in [3.05, 3.63) is 29.8 Å². The van der Waals surface area contributed by atoms with Crippen LogP contribution in [0.25, 0.3) is 0 Å². The summed E-state index contributed by atoms with van der Waals surface area (Å²) in [6, 6.07) is 8.59. The molecule has 2 atom stereocenters. The molecule has 100 valence electrons. The molecule has 3 heteroatoms. The predicted molar refractivity (Wildman–Crippen MR) is 77.9 cm³/mol. The Morgan fingerprint density at radius 3 is 3.06 bits per heavy atom. The fourth-order valence-electron chi connectivity index (χ4n) is 2.83. The van der Waals surface area contributed by atoms with Gasteiger partial charge in [-0.2, -0.15) is 0 Å². The standard InChI is InChI=1S/C15H23NOS/c1-12-4-2-6-14(10-12)18-9-7-13-5-3-8-15(13,17)11-16/h2,4,6,10,13,17H,3,5,7-9,11,16H2,1H3. The van der Waals surface area contributed by atoms with Gasteiger partial charge in [-0.15, -0.1) is 11.8 Å². The highest BCUT2D eigenvalue weighted by Gasteiger charge is 2.39. The van der Waals surface area contributed by atoms with Crippen molar-refractivity contribution in [1.82, 2.24) is 0 Å². The van der Waals surface area contributed by atoms with Crippen molar-refractivity contribution < 1.29 is 5.11 Å². The number of thioether (sulfide) groups is 1. The van der Waals surface area contributed by atoms with E-state index in [1.165, 1.54) is 10.5 Å². The molecule has 0 bridgehead atoms. The Labute approximate surface area is 114 Å². The van der Waals surface area contributed by atoms with Gasteiger partial charge in [-0.25, -0.2) is 0 Å². The molecule has 1 aromatic carbocycles. The van der Waals surface area contributed by atoms with E-state index in [2.05, 4.69) is 31.2 Å². The monoisotopic (exact) mass is 265 g/mol. The van der Waals surface area contributed by atoms with Gasteiger partial charge in [0.05, 0.1) is 5.60 Å². The molecule has 1 fully saturated rings. The Hall–Kier alpha value is -0.510. The van der Waals surface area contributed by atoms with Gasteiger partial charge in [0, 0.05) is 11.4 Å². The molecule has 2 nitrogen and oxygen atoms in total. The molecule has 1 saturated carbocycles. The maximum Gasteiger partial charge on any atom is 0.0797 e.